The Hall–Kier alpha value is -3.46. The maximum Gasteiger partial charge on any atom is 0.263 e. The van der Waals surface area contributed by atoms with Crippen LogP contribution in [0.3, 0.4) is 0 Å². The van der Waals surface area contributed by atoms with Crippen LogP contribution in [0, 0.1) is 11.3 Å². The van der Waals surface area contributed by atoms with Crippen molar-refractivity contribution in [2.24, 2.45) is 0 Å². The number of nitrogens with one attached hydrogen (secondary N) is 2. The van der Waals surface area contributed by atoms with Gasteiger partial charge in [0.15, 0.2) is 11.5 Å². The number of nitrogens with zero attached hydrogens (tertiary/aromatic N) is 1. The smallest absolute Gasteiger partial charge is 0.263 e. The molecular formula is C21H21N3O3. The van der Waals surface area contributed by atoms with Gasteiger partial charge in [0.2, 0.25) is 0 Å². The largest absolute Gasteiger partial charge is 0.486 e. The highest BCUT2D eigenvalue weighted by molar-refractivity contribution is 5.97. The maximum absolute atomic E-state index is 12.3. The van der Waals surface area contributed by atoms with Crippen LogP contribution in [0.15, 0.2) is 66.4 Å². The van der Waals surface area contributed by atoms with Crippen molar-refractivity contribution in [2.75, 3.05) is 13.2 Å². The second-order valence-corrected chi connectivity index (χ2v) is 6.18. The molecule has 2 N–H and O–H groups in total. The normalized spacial score (nSPS) is 16.7. The van der Waals surface area contributed by atoms with Gasteiger partial charge in [-0.25, -0.2) is 0 Å². The van der Waals surface area contributed by atoms with Crippen LogP contribution in [0.1, 0.15) is 18.5 Å². The molecule has 1 aliphatic rings. The van der Waals surface area contributed by atoms with Gasteiger partial charge in [0.1, 0.15) is 24.4 Å². The molecule has 0 spiro atoms. The van der Waals surface area contributed by atoms with Crippen LogP contribution in [0.4, 0.5) is 0 Å². The number of hydrogen-bond acceptors (Lipinski definition) is 5. The Kier molecular flexibility index (Phi) is 5.95. The van der Waals surface area contributed by atoms with Gasteiger partial charge in [-0.3, -0.25) is 4.79 Å². The van der Waals surface area contributed by atoms with Gasteiger partial charge in [-0.05, 0) is 24.6 Å². The van der Waals surface area contributed by atoms with Gasteiger partial charge < -0.3 is 20.1 Å². The highest BCUT2D eigenvalue weighted by Gasteiger charge is 2.20. The van der Waals surface area contributed by atoms with Gasteiger partial charge in [-0.1, -0.05) is 42.5 Å². The van der Waals surface area contributed by atoms with Crippen molar-refractivity contribution in [1.29, 1.82) is 5.26 Å². The third-order valence-electron chi connectivity index (χ3n) is 4.17. The number of hydrogen-bond donors (Lipinski definition) is 2. The van der Waals surface area contributed by atoms with Crippen LogP contribution in [0.2, 0.25) is 0 Å². The van der Waals surface area contributed by atoms with Crippen LogP contribution in [-0.4, -0.2) is 25.2 Å². The summed E-state index contributed by atoms with van der Waals surface area (Å²) in [5, 5.41) is 15.1. The molecule has 1 amide bonds. The van der Waals surface area contributed by atoms with Gasteiger partial charge in [0.05, 0.1) is 12.6 Å². The van der Waals surface area contributed by atoms with Crippen LogP contribution < -0.4 is 20.1 Å². The number of amides is 1. The van der Waals surface area contributed by atoms with E-state index in [4.69, 9.17) is 9.47 Å². The van der Waals surface area contributed by atoms with E-state index < -0.39 is 5.91 Å². The molecule has 0 saturated carbocycles. The number of para-hydroxylation sites is 2. The van der Waals surface area contributed by atoms with Gasteiger partial charge in [0.25, 0.3) is 5.91 Å². The van der Waals surface area contributed by atoms with Crippen molar-refractivity contribution < 1.29 is 14.3 Å². The molecule has 0 radical (unpaired) electrons. The van der Waals surface area contributed by atoms with Crippen LogP contribution in [-0.2, 0) is 4.79 Å². The first-order valence-corrected chi connectivity index (χ1v) is 8.75. The molecule has 2 atom stereocenters. The summed E-state index contributed by atoms with van der Waals surface area (Å²) in [6.45, 7) is 2.69. The fourth-order valence-corrected chi connectivity index (χ4v) is 2.70. The Bertz CT molecular complexity index is 858. The van der Waals surface area contributed by atoms with E-state index >= 15 is 0 Å². The zero-order valence-electron chi connectivity index (χ0n) is 15.0. The molecule has 6 nitrogen and oxygen atoms in total. The predicted molar refractivity (Wildman–Crippen MR) is 101 cm³/mol. The van der Waals surface area contributed by atoms with E-state index in [9.17, 15) is 10.1 Å². The highest BCUT2D eigenvalue weighted by Crippen LogP contribution is 2.30. The Balaban J connectivity index is 1.52. The molecular weight excluding hydrogens is 342 g/mol. The minimum absolute atomic E-state index is 0.00918. The number of rotatable bonds is 6. The first-order chi connectivity index (χ1) is 13.2. The van der Waals surface area contributed by atoms with Gasteiger partial charge in [-0.15, -0.1) is 0 Å². The monoisotopic (exact) mass is 363 g/mol. The summed E-state index contributed by atoms with van der Waals surface area (Å²) in [5.41, 5.74) is 0.984. The number of nitriles is 1. The molecule has 0 bridgehead atoms. The molecule has 0 aromatic heterocycles. The van der Waals surface area contributed by atoms with Crippen molar-refractivity contribution in [3.63, 3.8) is 0 Å². The second kappa shape index (κ2) is 8.77. The lowest BCUT2D eigenvalue weighted by Crippen LogP contribution is -2.37. The minimum Gasteiger partial charge on any atom is -0.486 e. The van der Waals surface area contributed by atoms with E-state index in [2.05, 4.69) is 10.6 Å². The van der Waals surface area contributed by atoms with E-state index in [1.807, 2.05) is 67.6 Å². The number of fused-ring (bicyclic) bond motifs is 1. The standard InChI is InChI=1S/C21H21N3O3/c1-15(16-7-3-2-4-8-16)24-21(25)17(11-22)12-23-13-18-14-26-19-9-5-6-10-20(19)27-18/h2-10,12,15,18,23H,13-14H2,1H3,(H,24,25)/b17-12-. The van der Waals surface area contributed by atoms with Crippen LogP contribution in [0.25, 0.3) is 0 Å². The third kappa shape index (κ3) is 4.79. The summed E-state index contributed by atoms with van der Waals surface area (Å²) in [6, 6.07) is 18.8. The maximum atomic E-state index is 12.3. The summed E-state index contributed by atoms with van der Waals surface area (Å²) in [6.07, 6.45) is 1.21. The lowest BCUT2D eigenvalue weighted by Gasteiger charge is -2.26. The quantitative estimate of drug-likeness (QED) is 0.609. The molecule has 2 unspecified atom stereocenters. The van der Waals surface area contributed by atoms with Crippen LogP contribution in [0.5, 0.6) is 11.5 Å². The Morgan fingerprint density at radius 1 is 1.22 bits per heavy atom. The zero-order chi connectivity index (χ0) is 19.1. The molecule has 0 aliphatic carbocycles. The number of carbonyl (C=O) groups excluding carboxylic acids is 1. The molecule has 1 aliphatic heterocycles. The van der Waals surface area contributed by atoms with Gasteiger partial charge >= 0.3 is 0 Å². The third-order valence-corrected chi connectivity index (χ3v) is 4.17. The molecule has 27 heavy (non-hydrogen) atoms. The topological polar surface area (TPSA) is 83.4 Å². The second-order valence-electron chi connectivity index (χ2n) is 6.18. The van der Waals surface area contributed by atoms with E-state index in [1.54, 1.807) is 0 Å². The average molecular weight is 363 g/mol. The summed E-state index contributed by atoms with van der Waals surface area (Å²) >= 11 is 0. The molecule has 6 heteroatoms. The fraction of sp³-hybridized carbons (Fsp3) is 0.238. The molecule has 138 valence electrons. The number of benzene rings is 2. The van der Waals surface area contributed by atoms with E-state index in [0.29, 0.717) is 18.9 Å². The summed E-state index contributed by atoms with van der Waals surface area (Å²) in [5.74, 6) is 0.984. The number of carbonyl (C=O) groups is 1. The fourth-order valence-electron chi connectivity index (χ4n) is 2.70. The van der Waals surface area contributed by atoms with Crippen molar-refractivity contribution in [3.05, 3.63) is 71.9 Å². The minimum atomic E-state index is -0.424. The molecule has 0 fully saturated rings. The Morgan fingerprint density at radius 3 is 2.67 bits per heavy atom. The Labute approximate surface area is 158 Å². The lowest BCUT2D eigenvalue weighted by atomic mass is 10.1. The van der Waals surface area contributed by atoms with Gasteiger partial charge in [0, 0.05) is 6.20 Å². The SMILES string of the molecule is CC(NC(=O)/C(C#N)=C\NCC1COc2ccccc2O1)c1ccccc1. The molecule has 2 aromatic rings. The highest BCUT2D eigenvalue weighted by atomic mass is 16.6. The molecule has 3 rings (SSSR count). The summed E-state index contributed by atoms with van der Waals surface area (Å²) in [7, 11) is 0. The van der Waals surface area contributed by atoms with Gasteiger partial charge in [-0.2, -0.15) is 5.26 Å². The molecule has 1 heterocycles. The summed E-state index contributed by atoms with van der Waals surface area (Å²) in [4.78, 5) is 12.3. The predicted octanol–water partition coefficient (Wildman–Crippen LogP) is 2.70. The van der Waals surface area contributed by atoms with E-state index in [-0.39, 0.29) is 17.7 Å². The average Bonchev–Trinajstić information content (AvgIpc) is 2.71. The molecule has 0 saturated heterocycles. The van der Waals surface area contributed by atoms with E-state index in [0.717, 1.165) is 11.3 Å². The van der Waals surface area contributed by atoms with Crippen molar-refractivity contribution in [3.8, 4) is 17.6 Å². The summed E-state index contributed by atoms with van der Waals surface area (Å²) < 4.78 is 11.5. The first-order valence-electron chi connectivity index (χ1n) is 8.75. The molecule has 2 aromatic carbocycles. The Morgan fingerprint density at radius 2 is 1.93 bits per heavy atom. The zero-order valence-corrected chi connectivity index (χ0v) is 15.0. The van der Waals surface area contributed by atoms with E-state index in [1.165, 1.54) is 6.20 Å². The van der Waals surface area contributed by atoms with Crippen molar-refractivity contribution in [2.45, 2.75) is 19.1 Å². The lowest BCUT2D eigenvalue weighted by molar-refractivity contribution is -0.117. The van der Waals surface area contributed by atoms with Crippen molar-refractivity contribution >= 4 is 5.91 Å². The van der Waals surface area contributed by atoms with Crippen LogP contribution >= 0.6 is 0 Å². The first kappa shape index (κ1) is 18.3. The van der Waals surface area contributed by atoms with Crippen molar-refractivity contribution in [1.82, 2.24) is 10.6 Å². The number of ether oxygens (including phenoxy) is 2.